The fraction of sp³-hybridized carbons (Fsp3) is 0.250. The van der Waals surface area contributed by atoms with Crippen LogP contribution in [0, 0.1) is 0 Å². The Labute approximate surface area is 225 Å². The molecule has 0 spiro atoms. The van der Waals surface area contributed by atoms with Gasteiger partial charge >= 0.3 is 12.1 Å². The molecule has 3 aromatic rings. The van der Waals surface area contributed by atoms with Gasteiger partial charge in [-0.05, 0) is 35.4 Å². The molecule has 11 nitrogen and oxygen atoms in total. The van der Waals surface area contributed by atoms with Gasteiger partial charge in [-0.2, -0.15) is 0 Å². The maximum atomic E-state index is 12.9. The molecule has 1 aromatic heterocycles. The minimum atomic E-state index is -1.17. The van der Waals surface area contributed by atoms with E-state index in [0.29, 0.717) is 25.2 Å². The summed E-state index contributed by atoms with van der Waals surface area (Å²) in [6.45, 7) is 1.23. The van der Waals surface area contributed by atoms with E-state index in [0.717, 1.165) is 16.9 Å². The summed E-state index contributed by atoms with van der Waals surface area (Å²) < 4.78 is 9.89. The highest BCUT2D eigenvalue weighted by Crippen LogP contribution is 2.23. The highest BCUT2D eigenvalue weighted by Gasteiger charge is 2.28. The number of anilines is 1. The van der Waals surface area contributed by atoms with Gasteiger partial charge in [0.2, 0.25) is 0 Å². The van der Waals surface area contributed by atoms with Crippen LogP contribution in [0.1, 0.15) is 31.8 Å². The quantitative estimate of drug-likeness (QED) is 0.321. The number of hydrogen-bond acceptors (Lipinski definition) is 8. The number of carbonyl (C=O) groups excluding carboxylic acids is 4. The van der Waals surface area contributed by atoms with E-state index in [1.807, 2.05) is 36.4 Å². The summed E-state index contributed by atoms with van der Waals surface area (Å²) >= 11 is 0. The molecule has 1 aliphatic rings. The van der Waals surface area contributed by atoms with E-state index in [2.05, 4.69) is 20.9 Å². The number of fused-ring (bicyclic) bond motifs is 1. The topological polar surface area (TPSA) is 139 Å². The van der Waals surface area contributed by atoms with Gasteiger partial charge in [-0.25, -0.2) is 14.6 Å². The Kier molecular flexibility index (Phi) is 9.07. The molecule has 1 atom stereocenters. The number of hydrogen-bond donors (Lipinski definition) is 3. The predicted octanol–water partition coefficient (Wildman–Crippen LogP) is 2.35. The molecule has 0 bridgehead atoms. The summed E-state index contributed by atoms with van der Waals surface area (Å²) in [5, 5.41) is 8.19. The zero-order valence-electron chi connectivity index (χ0n) is 21.4. The number of ether oxygens (including phenoxy) is 2. The van der Waals surface area contributed by atoms with Crippen molar-refractivity contribution >= 4 is 29.7 Å². The Bertz CT molecular complexity index is 1320. The van der Waals surface area contributed by atoms with Crippen LogP contribution in [-0.4, -0.2) is 66.5 Å². The minimum Gasteiger partial charge on any atom is -0.467 e. The lowest BCUT2D eigenvalue weighted by molar-refractivity contribution is -0.142. The highest BCUT2D eigenvalue weighted by atomic mass is 16.6. The van der Waals surface area contributed by atoms with Crippen molar-refractivity contribution in [3.8, 4) is 0 Å². The van der Waals surface area contributed by atoms with Crippen LogP contribution in [0.25, 0.3) is 0 Å². The van der Waals surface area contributed by atoms with Crippen molar-refractivity contribution in [1.29, 1.82) is 0 Å². The van der Waals surface area contributed by atoms with E-state index < -0.39 is 24.0 Å². The average molecular weight is 532 g/mol. The van der Waals surface area contributed by atoms with Crippen molar-refractivity contribution < 1.29 is 28.7 Å². The van der Waals surface area contributed by atoms with Crippen molar-refractivity contribution in [1.82, 2.24) is 20.5 Å². The molecule has 4 rings (SSSR count). The Morgan fingerprint density at radius 3 is 2.59 bits per heavy atom. The van der Waals surface area contributed by atoms with Crippen LogP contribution >= 0.6 is 0 Å². The van der Waals surface area contributed by atoms with Gasteiger partial charge in [0, 0.05) is 43.5 Å². The molecular formula is C28H29N5O6. The Balaban J connectivity index is 1.29. The van der Waals surface area contributed by atoms with Gasteiger partial charge < -0.3 is 30.3 Å². The predicted molar refractivity (Wildman–Crippen MR) is 142 cm³/mol. The lowest BCUT2D eigenvalue weighted by atomic mass is 10.1. The second kappa shape index (κ2) is 13.0. The van der Waals surface area contributed by atoms with Crippen LogP contribution < -0.4 is 16.0 Å². The highest BCUT2D eigenvalue weighted by molar-refractivity contribution is 6.02. The molecule has 0 saturated heterocycles. The third-order valence-corrected chi connectivity index (χ3v) is 6.06. The summed E-state index contributed by atoms with van der Waals surface area (Å²) in [6.07, 6.45) is 0.858. The second-order valence-electron chi connectivity index (χ2n) is 8.73. The fourth-order valence-corrected chi connectivity index (χ4v) is 4.01. The van der Waals surface area contributed by atoms with Crippen molar-refractivity contribution in [3.05, 3.63) is 95.2 Å². The first-order valence-corrected chi connectivity index (χ1v) is 12.3. The van der Waals surface area contributed by atoms with Crippen LogP contribution in [0.5, 0.6) is 0 Å². The normalized spacial score (nSPS) is 12.7. The number of nitrogens with zero attached hydrogens (tertiary/aromatic N) is 2. The van der Waals surface area contributed by atoms with Crippen molar-refractivity contribution in [3.63, 3.8) is 0 Å². The van der Waals surface area contributed by atoms with Crippen LogP contribution in [0.4, 0.5) is 10.6 Å². The van der Waals surface area contributed by atoms with E-state index >= 15 is 0 Å². The molecular weight excluding hydrogens is 502 g/mol. The first-order valence-electron chi connectivity index (χ1n) is 12.3. The number of pyridine rings is 1. The Morgan fingerprint density at radius 2 is 1.85 bits per heavy atom. The summed E-state index contributed by atoms with van der Waals surface area (Å²) in [4.78, 5) is 56.0. The van der Waals surface area contributed by atoms with Crippen LogP contribution in [0.2, 0.25) is 0 Å². The standard InChI is InChI=1S/C28H29N5O6/c1-38-27(36)23(32-28(37)39-18-19-7-3-2-4-8-19)16-31-25(34)20-10-11-21-17-33(26(35)22(21)15-20)14-13-30-24-9-5-6-12-29-24/h2-12,15,23H,13-14,16-18H2,1H3,(H,29,30)(H,31,34)(H,32,37)/t23-/m0/s1. The molecule has 0 saturated carbocycles. The number of alkyl carbamates (subject to hydrolysis) is 1. The zero-order valence-corrected chi connectivity index (χ0v) is 21.4. The summed E-state index contributed by atoms with van der Waals surface area (Å²) in [5.41, 5.74) is 2.31. The number of aromatic nitrogens is 1. The molecule has 3 amide bonds. The summed E-state index contributed by atoms with van der Waals surface area (Å²) in [5.74, 6) is -0.692. The lowest BCUT2D eigenvalue weighted by Crippen LogP contribution is -2.49. The van der Waals surface area contributed by atoms with E-state index in [9.17, 15) is 19.2 Å². The third-order valence-electron chi connectivity index (χ3n) is 6.06. The molecule has 0 aliphatic carbocycles. The van der Waals surface area contributed by atoms with Gasteiger partial charge in [0.15, 0.2) is 0 Å². The number of rotatable bonds is 11. The fourth-order valence-electron chi connectivity index (χ4n) is 4.01. The number of benzene rings is 2. The van der Waals surface area contributed by atoms with Gasteiger partial charge in [-0.15, -0.1) is 0 Å². The van der Waals surface area contributed by atoms with Crippen LogP contribution in [0.15, 0.2) is 72.9 Å². The first kappa shape index (κ1) is 27.1. The van der Waals surface area contributed by atoms with Crippen LogP contribution in [0.3, 0.4) is 0 Å². The number of methoxy groups -OCH3 is 1. The molecule has 39 heavy (non-hydrogen) atoms. The SMILES string of the molecule is COC(=O)[C@H](CNC(=O)c1ccc2c(c1)C(=O)N(CCNc1ccccn1)C2)NC(=O)OCc1ccccc1. The monoisotopic (exact) mass is 531 g/mol. The maximum Gasteiger partial charge on any atom is 0.408 e. The molecule has 2 heterocycles. The number of amides is 3. The molecule has 3 N–H and O–H groups in total. The number of carbonyl (C=O) groups is 4. The maximum absolute atomic E-state index is 12.9. The third kappa shape index (κ3) is 7.31. The Morgan fingerprint density at radius 1 is 1.05 bits per heavy atom. The van der Waals surface area contributed by atoms with E-state index in [1.54, 1.807) is 35.4 Å². The molecule has 0 fully saturated rings. The molecule has 1 aliphatic heterocycles. The van der Waals surface area contributed by atoms with Crippen molar-refractivity contribution in [2.24, 2.45) is 0 Å². The second-order valence-corrected chi connectivity index (χ2v) is 8.73. The van der Waals surface area contributed by atoms with Crippen molar-refractivity contribution in [2.75, 3.05) is 32.1 Å². The van der Waals surface area contributed by atoms with E-state index in [-0.39, 0.29) is 24.6 Å². The largest absolute Gasteiger partial charge is 0.467 e. The van der Waals surface area contributed by atoms with Crippen LogP contribution in [-0.2, 0) is 27.4 Å². The lowest BCUT2D eigenvalue weighted by Gasteiger charge is -2.17. The first-order chi connectivity index (χ1) is 18.9. The van der Waals surface area contributed by atoms with Gasteiger partial charge in [0.25, 0.3) is 11.8 Å². The zero-order chi connectivity index (χ0) is 27.6. The summed E-state index contributed by atoms with van der Waals surface area (Å²) in [6, 6.07) is 18.3. The molecule has 2 aromatic carbocycles. The van der Waals surface area contributed by atoms with Gasteiger partial charge in [-0.3, -0.25) is 9.59 Å². The van der Waals surface area contributed by atoms with Gasteiger partial charge in [-0.1, -0.05) is 42.5 Å². The minimum absolute atomic E-state index is 0.0201. The Hall–Kier alpha value is -4.93. The van der Waals surface area contributed by atoms with Crippen molar-refractivity contribution in [2.45, 2.75) is 19.2 Å². The molecule has 0 unspecified atom stereocenters. The number of esters is 1. The van der Waals surface area contributed by atoms with Gasteiger partial charge in [0.05, 0.1) is 7.11 Å². The molecule has 0 radical (unpaired) electrons. The molecule has 202 valence electrons. The van der Waals surface area contributed by atoms with E-state index in [4.69, 9.17) is 9.47 Å². The smallest absolute Gasteiger partial charge is 0.408 e. The number of nitrogens with one attached hydrogen (secondary N) is 3. The summed E-state index contributed by atoms with van der Waals surface area (Å²) in [7, 11) is 1.18. The average Bonchev–Trinajstić information content (AvgIpc) is 3.29. The molecule has 11 heteroatoms. The van der Waals surface area contributed by atoms with E-state index in [1.165, 1.54) is 13.2 Å². The van der Waals surface area contributed by atoms with Gasteiger partial charge in [0.1, 0.15) is 18.5 Å².